The summed E-state index contributed by atoms with van der Waals surface area (Å²) in [5, 5.41) is 14.6. The Morgan fingerprint density at radius 3 is 2.09 bits per heavy atom. The van der Waals surface area contributed by atoms with E-state index in [1.54, 1.807) is 31.1 Å². The van der Waals surface area contributed by atoms with Crippen LogP contribution in [0.4, 0.5) is 0 Å². The van der Waals surface area contributed by atoms with Gasteiger partial charge >= 0.3 is 5.97 Å². The van der Waals surface area contributed by atoms with Gasteiger partial charge in [-0.3, -0.25) is 0 Å². The minimum absolute atomic E-state index is 0.394. The van der Waals surface area contributed by atoms with E-state index in [4.69, 9.17) is 4.74 Å². The van der Waals surface area contributed by atoms with Crippen LogP contribution in [-0.2, 0) is 4.79 Å². The van der Waals surface area contributed by atoms with E-state index in [-0.39, 0.29) is 0 Å². The number of aliphatic carboxylic acids is 1. The third kappa shape index (κ3) is 6.97. The van der Waals surface area contributed by atoms with Crippen molar-refractivity contribution in [3.8, 4) is 29.4 Å². The SMILES string of the molecule is CCC(Oc1ccc(Sc2cc(C#Cc3nccs3)cc(C#Cc3nccs3)c2)cc1C)C(=O)O. The van der Waals surface area contributed by atoms with Crippen molar-refractivity contribution in [1.82, 2.24) is 9.97 Å². The monoisotopic (exact) mass is 516 g/mol. The Morgan fingerprint density at radius 2 is 1.60 bits per heavy atom. The number of thiazole rings is 2. The third-order valence-corrected chi connectivity index (χ3v) is 7.03. The van der Waals surface area contributed by atoms with Gasteiger partial charge in [-0.25, -0.2) is 14.8 Å². The zero-order valence-corrected chi connectivity index (χ0v) is 21.4. The summed E-state index contributed by atoms with van der Waals surface area (Å²) in [5.74, 6) is 12.2. The number of ether oxygens (including phenoxy) is 1. The molecule has 35 heavy (non-hydrogen) atoms. The van der Waals surface area contributed by atoms with Crippen LogP contribution < -0.4 is 4.74 Å². The predicted molar refractivity (Wildman–Crippen MR) is 140 cm³/mol. The lowest BCUT2D eigenvalue weighted by molar-refractivity contribution is -0.145. The molecule has 8 heteroatoms. The molecule has 4 rings (SSSR count). The molecule has 1 N–H and O–H groups in total. The van der Waals surface area contributed by atoms with Crippen LogP contribution in [0.3, 0.4) is 0 Å². The first-order valence-corrected chi connectivity index (χ1v) is 13.2. The van der Waals surface area contributed by atoms with Crippen molar-refractivity contribution in [1.29, 1.82) is 0 Å². The molecule has 4 aromatic rings. The van der Waals surface area contributed by atoms with Crippen molar-refractivity contribution < 1.29 is 14.6 Å². The average Bonchev–Trinajstić information content (AvgIpc) is 3.55. The summed E-state index contributed by atoms with van der Waals surface area (Å²) in [6.07, 6.45) is 3.01. The number of rotatable bonds is 6. The molecule has 5 nitrogen and oxygen atoms in total. The largest absolute Gasteiger partial charge is 0.479 e. The topological polar surface area (TPSA) is 72.3 Å². The van der Waals surface area contributed by atoms with Crippen molar-refractivity contribution in [3.63, 3.8) is 0 Å². The quantitative estimate of drug-likeness (QED) is 0.312. The predicted octanol–water partition coefficient (Wildman–Crippen LogP) is 6.10. The molecule has 0 amide bonds. The van der Waals surface area contributed by atoms with Crippen LogP contribution in [0.5, 0.6) is 5.75 Å². The lowest BCUT2D eigenvalue weighted by atomic mass is 10.1. The molecule has 0 aliphatic heterocycles. The lowest BCUT2D eigenvalue weighted by Crippen LogP contribution is -2.26. The summed E-state index contributed by atoms with van der Waals surface area (Å²) >= 11 is 4.58. The summed E-state index contributed by atoms with van der Waals surface area (Å²) in [4.78, 5) is 21.8. The molecule has 0 radical (unpaired) electrons. The van der Waals surface area contributed by atoms with E-state index in [0.29, 0.717) is 12.2 Å². The molecule has 0 aliphatic carbocycles. The van der Waals surface area contributed by atoms with Gasteiger partial charge in [0.1, 0.15) is 5.75 Å². The maximum absolute atomic E-state index is 11.3. The van der Waals surface area contributed by atoms with Gasteiger partial charge in [0.05, 0.1) is 0 Å². The molecular weight excluding hydrogens is 497 g/mol. The fraction of sp³-hybridized carbons (Fsp3) is 0.148. The minimum atomic E-state index is -0.965. The van der Waals surface area contributed by atoms with Gasteiger partial charge in [-0.1, -0.05) is 30.5 Å². The molecule has 2 aromatic carbocycles. The van der Waals surface area contributed by atoms with Crippen molar-refractivity contribution in [3.05, 3.63) is 86.3 Å². The molecule has 0 saturated heterocycles. The van der Waals surface area contributed by atoms with E-state index >= 15 is 0 Å². The van der Waals surface area contributed by atoms with E-state index in [9.17, 15) is 9.90 Å². The first kappa shape index (κ1) is 24.6. The Bertz CT molecular complexity index is 1370. The molecular formula is C27H20N2O3S3. The second kappa shape index (κ2) is 11.7. The van der Waals surface area contributed by atoms with Gasteiger partial charge in [0.25, 0.3) is 0 Å². The zero-order valence-electron chi connectivity index (χ0n) is 18.9. The highest BCUT2D eigenvalue weighted by molar-refractivity contribution is 7.99. The van der Waals surface area contributed by atoms with E-state index < -0.39 is 12.1 Å². The first-order valence-electron chi connectivity index (χ1n) is 10.7. The highest BCUT2D eigenvalue weighted by Crippen LogP contribution is 2.32. The Hall–Kier alpha value is -3.56. The van der Waals surface area contributed by atoms with Crippen molar-refractivity contribution in [2.24, 2.45) is 0 Å². The molecule has 1 atom stereocenters. The lowest BCUT2D eigenvalue weighted by Gasteiger charge is -2.15. The average molecular weight is 517 g/mol. The van der Waals surface area contributed by atoms with Gasteiger partial charge in [-0.15, -0.1) is 22.7 Å². The Balaban J connectivity index is 1.61. The summed E-state index contributed by atoms with van der Waals surface area (Å²) in [7, 11) is 0. The number of carbonyl (C=O) groups is 1. The van der Waals surface area contributed by atoms with Crippen LogP contribution in [0.2, 0.25) is 0 Å². The van der Waals surface area contributed by atoms with Crippen LogP contribution >= 0.6 is 34.4 Å². The fourth-order valence-corrected chi connectivity index (χ4v) is 5.02. The number of hydrogen-bond donors (Lipinski definition) is 1. The number of hydrogen-bond acceptors (Lipinski definition) is 7. The van der Waals surface area contributed by atoms with Crippen LogP contribution in [0, 0.1) is 30.6 Å². The summed E-state index contributed by atoms with van der Waals surface area (Å²) in [6, 6.07) is 11.7. The normalized spacial score (nSPS) is 11.0. The number of aryl methyl sites for hydroxylation is 1. The number of carboxylic acids is 1. The number of nitrogens with zero attached hydrogens (tertiary/aromatic N) is 2. The number of benzene rings is 2. The minimum Gasteiger partial charge on any atom is -0.479 e. The van der Waals surface area contributed by atoms with Crippen molar-refractivity contribution >= 4 is 40.4 Å². The standard InChI is InChI=1S/C27H20N2O3S3/c1-3-23(27(30)31)32-24-7-6-21(14-18(24)2)35-22-16-19(4-8-25-28-10-12-33-25)15-20(17-22)5-9-26-29-11-13-34-26/h6-7,10-17,23H,3H2,1-2H3,(H,30,31). The van der Waals surface area contributed by atoms with E-state index in [0.717, 1.165) is 36.5 Å². The third-order valence-electron chi connectivity index (χ3n) is 4.70. The molecule has 2 aromatic heterocycles. The Kier molecular flexibility index (Phi) is 8.23. The molecule has 0 bridgehead atoms. The maximum Gasteiger partial charge on any atom is 0.344 e. The summed E-state index contributed by atoms with van der Waals surface area (Å²) in [6.45, 7) is 3.70. The van der Waals surface area contributed by atoms with Gasteiger partial charge in [0, 0.05) is 44.1 Å². The maximum atomic E-state index is 11.3. The van der Waals surface area contributed by atoms with Crippen molar-refractivity contribution in [2.75, 3.05) is 0 Å². The van der Waals surface area contributed by atoms with E-state index in [1.807, 2.05) is 54.1 Å². The summed E-state index contributed by atoms with van der Waals surface area (Å²) < 4.78 is 5.68. The highest BCUT2D eigenvalue weighted by atomic mass is 32.2. The van der Waals surface area contributed by atoms with E-state index in [2.05, 4.69) is 33.6 Å². The van der Waals surface area contributed by atoms with Crippen LogP contribution in [-0.4, -0.2) is 27.1 Å². The fourth-order valence-electron chi connectivity index (χ4n) is 3.04. The van der Waals surface area contributed by atoms with Crippen LogP contribution in [0.15, 0.2) is 69.3 Å². The van der Waals surface area contributed by atoms with Gasteiger partial charge in [0.15, 0.2) is 16.1 Å². The van der Waals surface area contributed by atoms with Crippen LogP contribution in [0.1, 0.15) is 40.1 Å². The number of aromatic nitrogens is 2. The summed E-state index contributed by atoms with van der Waals surface area (Å²) in [5.41, 5.74) is 2.56. The Morgan fingerprint density at radius 1 is 0.971 bits per heavy atom. The molecule has 1 unspecified atom stereocenters. The molecule has 0 saturated carbocycles. The molecule has 0 aliphatic rings. The first-order chi connectivity index (χ1) is 17.0. The molecule has 0 fully saturated rings. The molecule has 2 heterocycles. The Labute approximate surface area is 216 Å². The second-order valence-corrected chi connectivity index (χ2v) is 10.2. The van der Waals surface area contributed by atoms with Gasteiger partial charge < -0.3 is 9.84 Å². The van der Waals surface area contributed by atoms with Crippen LogP contribution in [0.25, 0.3) is 0 Å². The zero-order chi connectivity index (χ0) is 24.6. The second-order valence-electron chi connectivity index (χ2n) is 7.30. The van der Waals surface area contributed by atoms with E-state index in [1.165, 1.54) is 22.7 Å². The smallest absolute Gasteiger partial charge is 0.344 e. The van der Waals surface area contributed by atoms with Gasteiger partial charge in [-0.2, -0.15) is 0 Å². The number of carboxylic acid groups (broad SMARTS) is 1. The molecule has 174 valence electrons. The van der Waals surface area contributed by atoms with Gasteiger partial charge in [0.2, 0.25) is 0 Å². The highest BCUT2D eigenvalue weighted by Gasteiger charge is 2.17. The molecule has 0 spiro atoms. The van der Waals surface area contributed by atoms with Crippen molar-refractivity contribution in [2.45, 2.75) is 36.2 Å². The van der Waals surface area contributed by atoms with Gasteiger partial charge in [-0.05, 0) is 67.1 Å².